The van der Waals surface area contributed by atoms with Gasteiger partial charge >= 0.3 is 0 Å². The van der Waals surface area contributed by atoms with Crippen molar-refractivity contribution in [2.75, 3.05) is 9.80 Å². The van der Waals surface area contributed by atoms with Crippen LogP contribution in [0.25, 0.3) is 0 Å². The number of allylic oxidation sites excluding steroid dienone is 3. The number of nitrogens with zero attached hydrogens (tertiary/aromatic N) is 2. The van der Waals surface area contributed by atoms with Crippen molar-refractivity contribution in [1.82, 2.24) is 0 Å². The first-order chi connectivity index (χ1) is 16.3. The van der Waals surface area contributed by atoms with Crippen LogP contribution in [0.1, 0.15) is 18.4 Å². The van der Waals surface area contributed by atoms with Crippen molar-refractivity contribution >= 4 is 28.4 Å². The van der Waals surface area contributed by atoms with Crippen molar-refractivity contribution < 1.29 is 0 Å². The molecule has 0 amide bonds. The van der Waals surface area contributed by atoms with Gasteiger partial charge < -0.3 is 9.80 Å². The maximum absolute atomic E-state index is 2.36. The Morgan fingerprint density at radius 3 is 1.48 bits per heavy atom. The zero-order valence-corrected chi connectivity index (χ0v) is 18.9. The third kappa shape index (κ3) is 4.61. The Balaban J connectivity index is 1.67. The molecule has 0 saturated heterocycles. The summed E-state index contributed by atoms with van der Waals surface area (Å²) < 4.78 is 0. The average Bonchev–Trinajstić information content (AvgIpc) is 2.87. The second-order valence-electron chi connectivity index (χ2n) is 8.31. The molecule has 0 N–H and O–H groups in total. The zero-order chi connectivity index (χ0) is 22.5. The lowest BCUT2D eigenvalue weighted by Gasteiger charge is -2.31. The summed E-state index contributed by atoms with van der Waals surface area (Å²) in [5.41, 5.74) is 8.19. The molecule has 2 heteroatoms. The highest BCUT2D eigenvalue weighted by molar-refractivity contribution is 5.81. The third-order valence-electron chi connectivity index (χ3n) is 5.84. The van der Waals surface area contributed by atoms with E-state index in [1.165, 1.54) is 11.3 Å². The highest BCUT2D eigenvalue weighted by Gasteiger charge is 2.18. The molecule has 1 aliphatic carbocycles. The minimum absolute atomic E-state index is 1.06. The van der Waals surface area contributed by atoms with E-state index in [1.54, 1.807) is 0 Å². The first kappa shape index (κ1) is 20.8. The number of hydrogen-bond donors (Lipinski definition) is 0. The van der Waals surface area contributed by atoms with Gasteiger partial charge in [-0.15, -0.1) is 0 Å². The number of rotatable bonds is 6. The molecule has 162 valence electrons. The molecule has 0 radical (unpaired) electrons. The van der Waals surface area contributed by atoms with E-state index in [1.807, 2.05) is 0 Å². The van der Waals surface area contributed by atoms with Crippen molar-refractivity contribution in [3.8, 4) is 0 Å². The van der Waals surface area contributed by atoms with Crippen molar-refractivity contribution in [1.29, 1.82) is 0 Å². The monoisotopic (exact) mass is 428 g/mol. The summed E-state index contributed by atoms with van der Waals surface area (Å²) in [5.74, 6) is 0. The maximum Gasteiger partial charge on any atom is 0.0485 e. The van der Waals surface area contributed by atoms with Gasteiger partial charge in [-0.25, -0.2) is 0 Å². The Morgan fingerprint density at radius 2 is 1.00 bits per heavy atom. The normalized spacial score (nSPS) is 12.8. The maximum atomic E-state index is 2.36. The van der Waals surface area contributed by atoms with Gasteiger partial charge in [0.25, 0.3) is 0 Å². The summed E-state index contributed by atoms with van der Waals surface area (Å²) in [6, 6.07) is 38.6. The second-order valence-corrected chi connectivity index (χ2v) is 8.31. The lowest BCUT2D eigenvalue weighted by atomic mass is 10.1. The Hall–Kier alpha value is -4.04. The summed E-state index contributed by atoms with van der Waals surface area (Å²) in [6.45, 7) is 2.18. The molecule has 0 saturated carbocycles. The Labute approximate surface area is 196 Å². The van der Waals surface area contributed by atoms with Gasteiger partial charge in [0.1, 0.15) is 0 Å². The first-order valence-electron chi connectivity index (χ1n) is 11.5. The predicted molar refractivity (Wildman–Crippen MR) is 141 cm³/mol. The van der Waals surface area contributed by atoms with Gasteiger partial charge in [-0.3, -0.25) is 0 Å². The van der Waals surface area contributed by atoms with E-state index < -0.39 is 0 Å². The molecular formula is C31H28N2. The van der Waals surface area contributed by atoms with Gasteiger partial charge in [0.05, 0.1) is 0 Å². The highest BCUT2D eigenvalue weighted by atomic mass is 15.2. The molecule has 33 heavy (non-hydrogen) atoms. The minimum atomic E-state index is 1.06. The molecule has 5 rings (SSSR count). The minimum Gasteiger partial charge on any atom is -0.311 e. The van der Waals surface area contributed by atoms with Crippen LogP contribution in [-0.2, 0) is 0 Å². The molecule has 0 bridgehead atoms. The van der Waals surface area contributed by atoms with Crippen molar-refractivity contribution in [3.63, 3.8) is 0 Å². The molecule has 0 aliphatic heterocycles. The first-order valence-corrected chi connectivity index (χ1v) is 11.5. The number of benzene rings is 4. The fourth-order valence-corrected chi connectivity index (χ4v) is 4.39. The van der Waals surface area contributed by atoms with Gasteiger partial charge in [0, 0.05) is 34.1 Å². The Kier molecular flexibility index (Phi) is 6.08. The van der Waals surface area contributed by atoms with Crippen molar-refractivity contribution in [2.45, 2.75) is 19.8 Å². The molecule has 0 atom stereocenters. The summed E-state index contributed by atoms with van der Waals surface area (Å²) >= 11 is 0. The van der Waals surface area contributed by atoms with Crippen LogP contribution >= 0.6 is 0 Å². The summed E-state index contributed by atoms with van der Waals surface area (Å²) in [6.07, 6.45) is 9.00. The van der Waals surface area contributed by atoms with Crippen molar-refractivity contribution in [2.24, 2.45) is 0 Å². The van der Waals surface area contributed by atoms with Crippen LogP contribution in [0.15, 0.2) is 133 Å². The zero-order valence-electron chi connectivity index (χ0n) is 18.9. The Morgan fingerprint density at radius 1 is 0.515 bits per heavy atom. The van der Waals surface area contributed by atoms with E-state index >= 15 is 0 Å². The SMILES string of the molecule is Cc1cc(N(C2=CCCC=C2)c2ccccc2)cc(N(c2ccccc2)c2ccccc2)c1. The van der Waals surface area contributed by atoms with Crippen LogP contribution < -0.4 is 9.80 Å². The van der Waals surface area contributed by atoms with Crippen LogP contribution in [-0.4, -0.2) is 0 Å². The van der Waals surface area contributed by atoms with E-state index in [0.717, 1.165) is 41.3 Å². The second kappa shape index (κ2) is 9.62. The molecule has 1 aliphatic rings. The molecule has 0 heterocycles. The summed E-state index contributed by atoms with van der Waals surface area (Å²) in [5, 5.41) is 0. The van der Waals surface area contributed by atoms with Gasteiger partial charge in [0.15, 0.2) is 0 Å². The third-order valence-corrected chi connectivity index (χ3v) is 5.84. The van der Waals surface area contributed by atoms with Gasteiger partial charge in [0.2, 0.25) is 0 Å². The molecule has 4 aromatic rings. The fraction of sp³-hybridized carbons (Fsp3) is 0.0968. The van der Waals surface area contributed by atoms with E-state index in [0.29, 0.717) is 0 Å². The fourth-order valence-electron chi connectivity index (χ4n) is 4.39. The number of aryl methyl sites for hydroxylation is 1. The molecule has 2 nitrogen and oxygen atoms in total. The van der Waals surface area contributed by atoms with Crippen LogP contribution in [0, 0.1) is 6.92 Å². The molecule has 0 aromatic heterocycles. The van der Waals surface area contributed by atoms with Crippen LogP contribution in [0.4, 0.5) is 28.4 Å². The van der Waals surface area contributed by atoms with Gasteiger partial charge in [-0.05, 0) is 86.0 Å². The Bertz CT molecular complexity index is 1220. The average molecular weight is 429 g/mol. The molecule has 0 fully saturated rings. The number of para-hydroxylation sites is 3. The number of hydrogen-bond acceptors (Lipinski definition) is 2. The van der Waals surface area contributed by atoms with Crippen LogP contribution in [0.5, 0.6) is 0 Å². The van der Waals surface area contributed by atoms with E-state index in [4.69, 9.17) is 0 Å². The molecule has 0 unspecified atom stereocenters. The molecule has 4 aromatic carbocycles. The van der Waals surface area contributed by atoms with Gasteiger partial charge in [-0.1, -0.05) is 66.7 Å². The predicted octanol–water partition coefficient (Wildman–Crippen LogP) is 8.84. The molecular weight excluding hydrogens is 400 g/mol. The summed E-state index contributed by atoms with van der Waals surface area (Å²) in [7, 11) is 0. The van der Waals surface area contributed by atoms with E-state index in [-0.39, 0.29) is 0 Å². The highest BCUT2D eigenvalue weighted by Crippen LogP contribution is 2.39. The van der Waals surface area contributed by atoms with Crippen molar-refractivity contribution in [3.05, 3.63) is 139 Å². The van der Waals surface area contributed by atoms with E-state index in [9.17, 15) is 0 Å². The lowest BCUT2D eigenvalue weighted by molar-refractivity contribution is 0.997. The smallest absolute Gasteiger partial charge is 0.0485 e. The van der Waals surface area contributed by atoms with E-state index in [2.05, 4.69) is 144 Å². The number of anilines is 5. The lowest BCUT2D eigenvalue weighted by Crippen LogP contribution is -2.17. The van der Waals surface area contributed by atoms with Gasteiger partial charge in [-0.2, -0.15) is 0 Å². The summed E-state index contributed by atoms with van der Waals surface area (Å²) in [4.78, 5) is 4.69. The van der Waals surface area contributed by atoms with Crippen LogP contribution in [0.3, 0.4) is 0 Å². The van der Waals surface area contributed by atoms with Crippen LogP contribution in [0.2, 0.25) is 0 Å². The largest absolute Gasteiger partial charge is 0.311 e. The quantitative estimate of drug-likeness (QED) is 0.303. The molecule has 0 spiro atoms. The standard InChI is InChI=1S/C31H28N2/c1-25-22-30(32(26-14-6-2-7-15-26)27-16-8-3-9-17-27)24-31(23-25)33(28-18-10-4-11-19-28)29-20-12-5-13-21-29/h2-4,6-12,14-24H,5,13H2,1H3. The topological polar surface area (TPSA) is 6.48 Å².